The summed E-state index contributed by atoms with van der Waals surface area (Å²) in [7, 11) is 0. The number of carbonyl (C=O) groups is 1. The minimum Gasteiger partial charge on any atom is -0.354 e. The van der Waals surface area contributed by atoms with Gasteiger partial charge in [0, 0.05) is 42.6 Å². The van der Waals surface area contributed by atoms with Gasteiger partial charge < -0.3 is 15.6 Å². The van der Waals surface area contributed by atoms with Crippen molar-refractivity contribution in [2.24, 2.45) is 0 Å². The van der Waals surface area contributed by atoms with Crippen LogP contribution in [0.15, 0.2) is 36.8 Å². The number of nitrogens with one attached hydrogen (secondary N) is 3. The average molecular weight is 437 g/mol. The molecular formula is C18H18F3N7OS. The Labute approximate surface area is 173 Å². The van der Waals surface area contributed by atoms with E-state index in [-0.39, 0.29) is 13.1 Å². The number of alkyl halides is 3. The molecule has 3 aromatic rings. The molecule has 0 spiro atoms. The lowest BCUT2D eigenvalue weighted by atomic mass is 9.91. The molecule has 0 bridgehead atoms. The Morgan fingerprint density at radius 3 is 2.83 bits per heavy atom. The standard InChI is InChI=1S/C18H18F3N7OS/c1-30-28-9-17(10-28,16(29)25-8-18(19,20)21)27-13-4-6-23-15(26-13)12-7-24-14-11(12)3-2-5-22-14/h2-7H,8-10H2,1H3,(H,22,24)(H,25,29)(H,23,26,27). The van der Waals surface area contributed by atoms with Crippen LogP contribution in [0, 0.1) is 0 Å². The zero-order valence-corrected chi connectivity index (χ0v) is 16.6. The van der Waals surface area contributed by atoms with Crippen LogP contribution in [0.2, 0.25) is 0 Å². The molecule has 0 saturated carbocycles. The monoisotopic (exact) mass is 437 g/mol. The lowest BCUT2D eigenvalue weighted by Crippen LogP contribution is -2.71. The number of aromatic nitrogens is 4. The first kappa shape index (κ1) is 20.4. The fraction of sp³-hybridized carbons (Fsp3) is 0.333. The van der Waals surface area contributed by atoms with Crippen molar-refractivity contribution < 1.29 is 18.0 Å². The van der Waals surface area contributed by atoms with Crippen molar-refractivity contribution in [3.05, 3.63) is 36.8 Å². The van der Waals surface area contributed by atoms with Gasteiger partial charge in [-0.2, -0.15) is 13.2 Å². The molecule has 1 aliphatic heterocycles. The Morgan fingerprint density at radius 1 is 1.30 bits per heavy atom. The van der Waals surface area contributed by atoms with Crippen LogP contribution in [0.5, 0.6) is 0 Å². The highest BCUT2D eigenvalue weighted by Gasteiger charge is 2.50. The molecule has 12 heteroatoms. The second-order valence-electron chi connectivity index (χ2n) is 6.85. The van der Waals surface area contributed by atoms with E-state index in [0.717, 1.165) is 10.9 Å². The lowest BCUT2D eigenvalue weighted by molar-refractivity contribution is -0.143. The summed E-state index contributed by atoms with van der Waals surface area (Å²) in [6.45, 7) is -0.895. The number of fused-ring (bicyclic) bond motifs is 1. The maximum absolute atomic E-state index is 12.6. The van der Waals surface area contributed by atoms with Crippen LogP contribution in [-0.2, 0) is 4.79 Å². The van der Waals surface area contributed by atoms with E-state index in [1.807, 2.05) is 21.9 Å². The Morgan fingerprint density at radius 2 is 2.10 bits per heavy atom. The highest BCUT2D eigenvalue weighted by molar-refractivity contribution is 7.96. The highest BCUT2D eigenvalue weighted by atomic mass is 32.2. The molecule has 158 valence electrons. The van der Waals surface area contributed by atoms with Crippen molar-refractivity contribution >= 4 is 34.7 Å². The van der Waals surface area contributed by atoms with Gasteiger partial charge in [0.05, 0.1) is 0 Å². The number of halogens is 3. The molecule has 1 aliphatic rings. The van der Waals surface area contributed by atoms with Gasteiger partial charge >= 0.3 is 6.18 Å². The van der Waals surface area contributed by atoms with Crippen LogP contribution in [0.3, 0.4) is 0 Å². The van der Waals surface area contributed by atoms with Gasteiger partial charge in [-0.05, 0) is 24.5 Å². The summed E-state index contributed by atoms with van der Waals surface area (Å²) in [5, 5.41) is 5.85. The van der Waals surface area contributed by atoms with Gasteiger partial charge in [0.25, 0.3) is 0 Å². The molecule has 4 heterocycles. The number of H-pyrrole nitrogens is 1. The number of aromatic amines is 1. The summed E-state index contributed by atoms with van der Waals surface area (Å²) in [5.41, 5.74) is 0.213. The molecule has 1 fully saturated rings. The minimum atomic E-state index is -4.48. The van der Waals surface area contributed by atoms with E-state index in [1.54, 1.807) is 24.5 Å². The first-order valence-corrected chi connectivity index (χ1v) is 10.2. The summed E-state index contributed by atoms with van der Waals surface area (Å²) < 4.78 is 39.5. The zero-order chi connectivity index (χ0) is 21.4. The number of nitrogens with zero attached hydrogens (tertiary/aromatic N) is 4. The number of anilines is 1. The van der Waals surface area contributed by atoms with Gasteiger partial charge in [0.15, 0.2) is 5.82 Å². The van der Waals surface area contributed by atoms with Crippen LogP contribution in [0.25, 0.3) is 22.4 Å². The summed E-state index contributed by atoms with van der Waals surface area (Å²) >= 11 is 1.42. The number of amides is 1. The number of hydrogen-bond acceptors (Lipinski definition) is 7. The molecule has 1 amide bonds. The zero-order valence-electron chi connectivity index (χ0n) is 15.8. The third-order valence-corrected chi connectivity index (χ3v) is 5.52. The van der Waals surface area contributed by atoms with Crippen molar-refractivity contribution in [3.8, 4) is 11.4 Å². The van der Waals surface area contributed by atoms with E-state index < -0.39 is 24.2 Å². The van der Waals surface area contributed by atoms with Crippen LogP contribution >= 0.6 is 11.9 Å². The quantitative estimate of drug-likeness (QED) is 0.510. The Kier molecular flexibility index (Phi) is 5.28. The number of pyridine rings is 1. The highest BCUT2D eigenvalue weighted by Crippen LogP contribution is 2.31. The van der Waals surface area contributed by atoms with Gasteiger partial charge in [-0.1, -0.05) is 11.9 Å². The molecule has 8 nitrogen and oxygen atoms in total. The Bertz CT molecular complexity index is 1070. The number of carbonyl (C=O) groups excluding carboxylic acids is 1. The summed E-state index contributed by atoms with van der Waals surface area (Å²) in [4.78, 5) is 28.6. The maximum atomic E-state index is 12.6. The van der Waals surface area contributed by atoms with E-state index in [0.29, 0.717) is 17.3 Å². The topological polar surface area (TPSA) is 98.8 Å². The number of hydrogen-bond donors (Lipinski definition) is 3. The van der Waals surface area contributed by atoms with Gasteiger partial charge in [0.2, 0.25) is 5.91 Å². The molecule has 3 N–H and O–H groups in total. The molecule has 0 atom stereocenters. The average Bonchev–Trinajstić information content (AvgIpc) is 3.12. The van der Waals surface area contributed by atoms with Gasteiger partial charge in [-0.25, -0.2) is 19.3 Å². The van der Waals surface area contributed by atoms with Gasteiger partial charge in [0.1, 0.15) is 23.5 Å². The van der Waals surface area contributed by atoms with Crippen molar-refractivity contribution in [2.45, 2.75) is 11.7 Å². The Hall–Kier alpha value is -2.86. The number of rotatable bonds is 6. The maximum Gasteiger partial charge on any atom is 0.405 e. The van der Waals surface area contributed by atoms with Gasteiger partial charge in [-0.15, -0.1) is 0 Å². The van der Waals surface area contributed by atoms with E-state index >= 15 is 0 Å². The van der Waals surface area contributed by atoms with Crippen molar-refractivity contribution in [1.29, 1.82) is 0 Å². The molecule has 0 unspecified atom stereocenters. The van der Waals surface area contributed by atoms with E-state index in [9.17, 15) is 18.0 Å². The van der Waals surface area contributed by atoms with Crippen LogP contribution in [0.1, 0.15) is 0 Å². The second-order valence-corrected chi connectivity index (χ2v) is 7.73. The summed E-state index contributed by atoms with van der Waals surface area (Å²) in [5.74, 6) is 0.0360. The molecule has 30 heavy (non-hydrogen) atoms. The molecule has 3 aromatic heterocycles. The fourth-order valence-corrected chi connectivity index (χ4v) is 3.96. The predicted octanol–water partition coefficient (Wildman–Crippen LogP) is 2.44. The van der Waals surface area contributed by atoms with E-state index in [2.05, 4.69) is 25.3 Å². The SMILES string of the molecule is CSN1CC(Nc2ccnc(-c3c[nH]c4ncccc34)n2)(C(=O)NCC(F)(F)F)C1. The molecule has 0 radical (unpaired) electrons. The first-order chi connectivity index (χ1) is 14.3. The third-order valence-electron chi connectivity index (χ3n) is 4.75. The smallest absolute Gasteiger partial charge is 0.354 e. The Balaban J connectivity index is 1.58. The van der Waals surface area contributed by atoms with Crippen LogP contribution in [-0.4, -0.2) is 67.8 Å². The fourth-order valence-electron chi connectivity index (χ4n) is 3.26. The van der Waals surface area contributed by atoms with Crippen molar-refractivity contribution in [2.75, 3.05) is 31.2 Å². The van der Waals surface area contributed by atoms with Crippen molar-refractivity contribution in [3.63, 3.8) is 0 Å². The minimum absolute atomic E-state index is 0.244. The molecule has 1 saturated heterocycles. The van der Waals surface area contributed by atoms with Crippen LogP contribution < -0.4 is 10.6 Å². The molecule has 4 rings (SSSR count). The third kappa shape index (κ3) is 4.05. The van der Waals surface area contributed by atoms with E-state index in [1.165, 1.54) is 18.1 Å². The second kappa shape index (κ2) is 7.76. The summed E-state index contributed by atoms with van der Waals surface area (Å²) in [6.07, 6.45) is 2.29. The molecule has 0 aromatic carbocycles. The molecule has 0 aliphatic carbocycles. The predicted molar refractivity (Wildman–Crippen MR) is 108 cm³/mol. The van der Waals surface area contributed by atoms with Crippen molar-refractivity contribution in [1.82, 2.24) is 29.6 Å². The van der Waals surface area contributed by atoms with E-state index in [4.69, 9.17) is 0 Å². The van der Waals surface area contributed by atoms with Gasteiger partial charge in [-0.3, -0.25) is 4.79 Å². The van der Waals surface area contributed by atoms with Crippen LogP contribution in [0.4, 0.5) is 19.0 Å². The molecular weight excluding hydrogens is 419 g/mol. The summed E-state index contributed by atoms with van der Waals surface area (Å²) in [6, 6.07) is 5.26. The first-order valence-electron chi connectivity index (χ1n) is 8.97. The lowest BCUT2D eigenvalue weighted by Gasteiger charge is -2.48. The normalized spacial score (nSPS) is 16.3. The largest absolute Gasteiger partial charge is 0.405 e.